The minimum Gasteiger partial charge on any atom is -0.280 e. The normalized spacial score (nSPS) is 15.9. The lowest BCUT2D eigenvalue weighted by atomic mass is 10.3. The van der Waals surface area contributed by atoms with E-state index >= 15 is 0 Å². The molecule has 1 aromatic rings. The van der Waals surface area contributed by atoms with Gasteiger partial charge in [-0.3, -0.25) is 9.89 Å². The minimum atomic E-state index is -0.468. The van der Waals surface area contributed by atoms with Gasteiger partial charge in [0.05, 0.1) is 10.6 Å². The Kier molecular flexibility index (Phi) is 2.83. The Bertz CT molecular complexity index is 360. The molecule has 0 aliphatic heterocycles. The van der Waals surface area contributed by atoms with Crippen LogP contribution in [0, 0.1) is 0 Å². The molecule has 1 heterocycles. The van der Waals surface area contributed by atoms with Gasteiger partial charge in [-0.2, -0.15) is 5.10 Å². The first-order valence-corrected chi connectivity index (χ1v) is 6.01. The molecule has 0 amide bonds. The molecule has 14 heavy (non-hydrogen) atoms. The van der Waals surface area contributed by atoms with E-state index in [4.69, 9.17) is 11.6 Å². The number of rotatable bonds is 4. The first kappa shape index (κ1) is 10.1. The van der Waals surface area contributed by atoms with Gasteiger partial charge >= 0.3 is 0 Å². The maximum absolute atomic E-state index is 11.1. The number of H-pyrrole nitrogens is 1. The van der Waals surface area contributed by atoms with Crippen molar-refractivity contribution >= 4 is 28.6 Å². The van der Waals surface area contributed by atoms with Gasteiger partial charge in [0, 0.05) is 5.92 Å². The maximum atomic E-state index is 11.1. The predicted octanol–water partition coefficient (Wildman–Crippen LogP) is 2.78. The fourth-order valence-corrected chi connectivity index (χ4v) is 2.54. The predicted molar refractivity (Wildman–Crippen MR) is 57.1 cm³/mol. The van der Waals surface area contributed by atoms with E-state index in [0.717, 1.165) is 16.3 Å². The Balaban J connectivity index is 2.35. The number of thioether (sulfide) groups is 1. The number of nitrogens with zero attached hydrogens (tertiary/aromatic N) is 1. The van der Waals surface area contributed by atoms with Crippen LogP contribution in [0.15, 0.2) is 4.90 Å². The molecule has 1 saturated carbocycles. The van der Waals surface area contributed by atoms with E-state index in [-0.39, 0.29) is 0 Å². The van der Waals surface area contributed by atoms with E-state index in [0.29, 0.717) is 11.6 Å². The number of hydrogen-bond donors (Lipinski definition) is 1. The summed E-state index contributed by atoms with van der Waals surface area (Å²) >= 11 is 7.08. The lowest BCUT2D eigenvalue weighted by Gasteiger charge is -1.99. The van der Waals surface area contributed by atoms with Gasteiger partial charge in [-0.15, -0.1) is 11.8 Å². The smallest absolute Gasteiger partial charge is 0.273 e. The molecule has 5 heteroatoms. The summed E-state index contributed by atoms with van der Waals surface area (Å²) in [7, 11) is 0. The summed E-state index contributed by atoms with van der Waals surface area (Å²) in [5.41, 5.74) is 1.49. The molecule has 1 N–H and O–H groups in total. The topological polar surface area (TPSA) is 45.8 Å². The lowest BCUT2D eigenvalue weighted by Crippen LogP contribution is -1.92. The van der Waals surface area contributed by atoms with Crippen molar-refractivity contribution in [2.24, 2.45) is 0 Å². The number of carbonyl (C=O) groups is 1. The van der Waals surface area contributed by atoms with Crippen LogP contribution in [-0.2, 0) is 0 Å². The SMILES string of the molecule is CCSc1c(C(=O)Cl)n[nH]c1C1CC1. The zero-order valence-electron chi connectivity index (χ0n) is 7.84. The van der Waals surface area contributed by atoms with Gasteiger partial charge in [0.25, 0.3) is 5.24 Å². The lowest BCUT2D eigenvalue weighted by molar-refractivity contribution is 0.107. The van der Waals surface area contributed by atoms with Crippen LogP contribution in [0.4, 0.5) is 0 Å². The Hall–Kier alpha value is -0.480. The molecule has 0 atom stereocenters. The molecule has 3 nitrogen and oxygen atoms in total. The second-order valence-corrected chi connectivity index (χ2v) is 4.91. The van der Waals surface area contributed by atoms with Crippen LogP contribution >= 0.6 is 23.4 Å². The largest absolute Gasteiger partial charge is 0.280 e. The van der Waals surface area contributed by atoms with Gasteiger partial charge in [0.15, 0.2) is 5.69 Å². The van der Waals surface area contributed by atoms with Crippen LogP contribution in [0.3, 0.4) is 0 Å². The average molecular weight is 231 g/mol. The summed E-state index contributed by atoms with van der Waals surface area (Å²) < 4.78 is 0. The van der Waals surface area contributed by atoms with Crippen molar-refractivity contribution in [2.75, 3.05) is 5.75 Å². The van der Waals surface area contributed by atoms with Crippen molar-refractivity contribution in [2.45, 2.75) is 30.6 Å². The second kappa shape index (κ2) is 3.95. The first-order chi connectivity index (χ1) is 6.74. The van der Waals surface area contributed by atoms with Crippen molar-refractivity contribution in [3.63, 3.8) is 0 Å². The van der Waals surface area contributed by atoms with Crippen LogP contribution < -0.4 is 0 Å². The molecule has 1 aliphatic rings. The summed E-state index contributed by atoms with van der Waals surface area (Å²) in [6.07, 6.45) is 2.38. The zero-order valence-corrected chi connectivity index (χ0v) is 9.41. The van der Waals surface area contributed by atoms with E-state index in [1.807, 2.05) is 0 Å². The molecular weight excluding hydrogens is 220 g/mol. The first-order valence-electron chi connectivity index (χ1n) is 4.65. The van der Waals surface area contributed by atoms with E-state index in [1.54, 1.807) is 11.8 Å². The Morgan fingerprint density at radius 1 is 1.71 bits per heavy atom. The Labute approximate surface area is 91.6 Å². The highest BCUT2D eigenvalue weighted by Crippen LogP contribution is 2.44. The summed E-state index contributed by atoms with van der Waals surface area (Å²) in [6, 6.07) is 0. The zero-order chi connectivity index (χ0) is 10.1. The Morgan fingerprint density at radius 2 is 2.43 bits per heavy atom. The van der Waals surface area contributed by atoms with Crippen LogP contribution in [0.2, 0.25) is 0 Å². The second-order valence-electron chi connectivity index (χ2n) is 3.30. The number of aromatic amines is 1. The van der Waals surface area contributed by atoms with E-state index < -0.39 is 5.24 Å². The molecule has 0 spiro atoms. The molecule has 2 rings (SSSR count). The molecule has 1 aromatic heterocycles. The highest BCUT2D eigenvalue weighted by Gasteiger charge is 2.30. The fourth-order valence-electron chi connectivity index (χ4n) is 1.42. The summed E-state index contributed by atoms with van der Waals surface area (Å²) in [4.78, 5) is 12.0. The molecule has 76 valence electrons. The van der Waals surface area contributed by atoms with Gasteiger partial charge in [-0.25, -0.2) is 0 Å². The summed E-state index contributed by atoms with van der Waals surface area (Å²) in [6.45, 7) is 2.05. The standard InChI is InChI=1S/C9H11ClN2OS/c1-2-14-8-6(5-3-4-5)11-12-7(8)9(10)13/h5H,2-4H2,1H3,(H,11,12). The molecule has 0 aromatic carbocycles. The number of carbonyl (C=O) groups excluding carboxylic acids is 1. The van der Waals surface area contributed by atoms with E-state index in [9.17, 15) is 4.79 Å². The van der Waals surface area contributed by atoms with Gasteiger partial charge in [0.2, 0.25) is 0 Å². The number of aromatic nitrogens is 2. The highest BCUT2D eigenvalue weighted by atomic mass is 35.5. The van der Waals surface area contributed by atoms with Crippen molar-refractivity contribution in [1.29, 1.82) is 0 Å². The number of hydrogen-bond acceptors (Lipinski definition) is 3. The van der Waals surface area contributed by atoms with Crippen LogP contribution in [0.1, 0.15) is 41.9 Å². The average Bonchev–Trinajstić information content (AvgIpc) is 2.89. The third-order valence-electron chi connectivity index (χ3n) is 2.21. The maximum Gasteiger partial charge on any atom is 0.273 e. The van der Waals surface area contributed by atoms with Gasteiger partial charge < -0.3 is 0 Å². The van der Waals surface area contributed by atoms with Crippen molar-refractivity contribution in [3.05, 3.63) is 11.4 Å². The fraction of sp³-hybridized carbons (Fsp3) is 0.556. The summed E-state index contributed by atoms with van der Waals surface area (Å²) in [5, 5.41) is 6.43. The van der Waals surface area contributed by atoms with E-state index in [2.05, 4.69) is 17.1 Å². The van der Waals surface area contributed by atoms with Crippen LogP contribution in [0.5, 0.6) is 0 Å². The molecule has 1 aliphatic carbocycles. The van der Waals surface area contributed by atoms with Gasteiger partial charge in [-0.1, -0.05) is 6.92 Å². The number of halogens is 1. The third-order valence-corrected chi connectivity index (χ3v) is 3.38. The quantitative estimate of drug-likeness (QED) is 0.639. The molecular formula is C9H11ClN2OS. The molecule has 0 saturated heterocycles. The van der Waals surface area contributed by atoms with Crippen molar-refractivity contribution < 1.29 is 4.79 Å². The minimum absolute atomic E-state index is 0.389. The molecule has 0 unspecified atom stereocenters. The van der Waals surface area contributed by atoms with Crippen molar-refractivity contribution in [1.82, 2.24) is 10.2 Å². The molecule has 0 bridgehead atoms. The Morgan fingerprint density at radius 3 is 2.93 bits per heavy atom. The summed E-state index contributed by atoms with van der Waals surface area (Å²) in [5.74, 6) is 1.50. The van der Waals surface area contributed by atoms with Crippen molar-refractivity contribution in [3.8, 4) is 0 Å². The van der Waals surface area contributed by atoms with Crippen LogP contribution in [-0.4, -0.2) is 21.2 Å². The molecule has 0 radical (unpaired) electrons. The van der Waals surface area contributed by atoms with E-state index in [1.165, 1.54) is 12.8 Å². The van der Waals surface area contributed by atoms with Crippen LogP contribution in [0.25, 0.3) is 0 Å². The monoisotopic (exact) mass is 230 g/mol. The molecule has 1 fully saturated rings. The van der Waals surface area contributed by atoms with Gasteiger partial charge in [0.1, 0.15) is 0 Å². The van der Waals surface area contributed by atoms with Gasteiger partial charge in [-0.05, 0) is 30.2 Å². The highest BCUT2D eigenvalue weighted by molar-refractivity contribution is 7.99. The third kappa shape index (κ3) is 1.81. The number of nitrogens with one attached hydrogen (secondary N) is 1.